The largest absolute Gasteiger partial charge is 0.325 e. The molecule has 0 atom stereocenters. The first kappa shape index (κ1) is 19.5. The number of Topliss-reactive ketones (excluding diaryl/α,β-unsaturated/α-hetero) is 1. The Morgan fingerprint density at radius 3 is 2.41 bits per heavy atom. The Labute approximate surface area is 160 Å². The van der Waals surface area contributed by atoms with Gasteiger partial charge in [-0.2, -0.15) is 0 Å². The zero-order chi connectivity index (χ0) is 19.8. The molecular formula is C21H29N3O3. The molecule has 1 spiro atoms. The lowest BCUT2D eigenvalue weighted by molar-refractivity contribution is -0.132. The van der Waals surface area contributed by atoms with Crippen molar-refractivity contribution in [2.24, 2.45) is 5.92 Å². The first-order valence-electron chi connectivity index (χ1n) is 9.69. The van der Waals surface area contributed by atoms with Crippen LogP contribution < -0.4 is 5.32 Å². The van der Waals surface area contributed by atoms with Gasteiger partial charge in [-0.05, 0) is 49.8 Å². The molecule has 1 N–H and O–H groups in total. The number of benzene rings is 1. The van der Waals surface area contributed by atoms with E-state index in [0.29, 0.717) is 24.3 Å². The standard InChI is InChI=1S/C21H29N3O3/c1-14(2)12-23-9-7-21(8-10-23)19(26)24(20(27)22-21)13-18(25)17-6-5-15(3)16(4)11-17/h5-6,11,14H,7-10,12-13H2,1-4H3,(H,22,27). The Morgan fingerprint density at radius 1 is 1.15 bits per heavy atom. The third kappa shape index (κ3) is 3.90. The van der Waals surface area contributed by atoms with E-state index >= 15 is 0 Å². The van der Waals surface area contributed by atoms with E-state index in [-0.39, 0.29) is 18.2 Å². The van der Waals surface area contributed by atoms with Gasteiger partial charge in [-0.15, -0.1) is 0 Å². The SMILES string of the molecule is Cc1ccc(C(=O)CN2C(=O)NC3(CCN(CC(C)C)CC3)C2=O)cc1C. The maximum absolute atomic E-state index is 13.0. The highest BCUT2D eigenvalue weighted by Gasteiger charge is 2.52. The minimum Gasteiger partial charge on any atom is -0.323 e. The van der Waals surface area contributed by atoms with Gasteiger partial charge in [-0.3, -0.25) is 14.5 Å². The average Bonchev–Trinajstić information content (AvgIpc) is 2.83. The number of hydrogen-bond acceptors (Lipinski definition) is 4. The molecular weight excluding hydrogens is 342 g/mol. The summed E-state index contributed by atoms with van der Waals surface area (Å²) < 4.78 is 0. The molecule has 0 bridgehead atoms. The van der Waals surface area contributed by atoms with Gasteiger partial charge in [0.25, 0.3) is 5.91 Å². The number of aryl methyl sites for hydroxylation is 2. The summed E-state index contributed by atoms with van der Waals surface area (Å²) in [5.41, 5.74) is 1.82. The van der Waals surface area contributed by atoms with E-state index in [2.05, 4.69) is 24.1 Å². The van der Waals surface area contributed by atoms with E-state index < -0.39 is 11.6 Å². The number of carbonyl (C=O) groups excluding carboxylic acids is 3. The number of hydrogen-bond donors (Lipinski definition) is 1. The maximum Gasteiger partial charge on any atom is 0.325 e. The lowest BCUT2D eigenvalue weighted by Gasteiger charge is -2.37. The first-order chi connectivity index (χ1) is 12.7. The summed E-state index contributed by atoms with van der Waals surface area (Å²) in [6, 6.07) is 5.01. The van der Waals surface area contributed by atoms with Crippen molar-refractivity contribution in [3.8, 4) is 0 Å². The van der Waals surface area contributed by atoms with Gasteiger partial charge in [0.2, 0.25) is 0 Å². The van der Waals surface area contributed by atoms with Crippen LogP contribution in [0.25, 0.3) is 0 Å². The Balaban J connectivity index is 1.68. The van der Waals surface area contributed by atoms with E-state index in [1.54, 1.807) is 6.07 Å². The zero-order valence-corrected chi connectivity index (χ0v) is 16.7. The average molecular weight is 371 g/mol. The molecule has 6 nitrogen and oxygen atoms in total. The van der Waals surface area contributed by atoms with Gasteiger partial charge in [0.05, 0.1) is 6.54 Å². The van der Waals surface area contributed by atoms with Crippen LogP contribution in [0.1, 0.15) is 48.2 Å². The van der Waals surface area contributed by atoms with Gasteiger partial charge in [-0.1, -0.05) is 26.0 Å². The summed E-state index contributed by atoms with van der Waals surface area (Å²) >= 11 is 0. The number of nitrogens with zero attached hydrogens (tertiary/aromatic N) is 2. The minimum atomic E-state index is -0.839. The quantitative estimate of drug-likeness (QED) is 0.638. The van der Waals surface area contributed by atoms with Gasteiger partial charge in [0, 0.05) is 25.2 Å². The Morgan fingerprint density at radius 2 is 1.81 bits per heavy atom. The topological polar surface area (TPSA) is 69.7 Å². The van der Waals surface area contributed by atoms with Gasteiger partial charge in [-0.25, -0.2) is 4.79 Å². The highest BCUT2D eigenvalue weighted by Crippen LogP contribution is 2.30. The minimum absolute atomic E-state index is 0.204. The Kier molecular flexibility index (Phi) is 5.38. The molecule has 3 rings (SSSR count). The summed E-state index contributed by atoms with van der Waals surface area (Å²) in [5.74, 6) is 0.102. The third-order valence-electron chi connectivity index (χ3n) is 5.71. The highest BCUT2D eigenvalue weighted by molar-refractivity contribution is 6.11. The van der Waals surface area contributed by atoms with Crippen LogP contribution in [-0.4, -0.2) is 59.2 Å². The number of urea groups is 1. The van der Waals surface area contributed by atoms with Crippen molar-refractivity contribution in [3.05, 3.63) is 34.9 Å². The van der Waals surface area contributed by atoms with Crippen LogP contribution in [0.15, 0.2) is 18.2 Å². The van der Waals surface area contributed by atoms with Crippen LogP contribution in [-0.2, 0) is 4.79 Å². The van der Waals surface area contributed by atoms with Gasteiger partial charge >= 0.3 is 6.03 Å². The molecule has 2 aliphatic rings. The van der Waals surface area contributed by atoms with Crippen LogP contribution in [0.2, 0.25) is 0 Å². The van der Waals surface area contributed by atoms with Crippen LogP contribution in [0, 0.1) is 19.8 Å². The number of amides is 3. The van der Waals surface area contributed by atoms with Crippen molar-refractivity contribution in [2.45, 2.75) is 46.1 Å². The van der Waals surface area contributed by atoms with Gasteiger partial charge < -0.3 is 10.2 Å². The van der Waals surface area contributed by atoms with Crippen LogP contribution >= 0.6 is 0 Å². The van der Waals surface area contributed by atoms with Gasteiger partial charge in [0.15, 0.2) is 5.78 Å². The molecule has 2 fully saturated rings. The monoisotopic (exact) mass is 371 g/mol. The zero-order valence-electron chi connectivity index (χ0n) is 16.7. The molecule has 1 aromatic rings. The predicted octanol–water partition coefficient (Wildman–Crippen LogP) is 2.53. The molecule has 0 aromatic heterocycles. The molecule has 27 heavy (non-hydrogen) atoms. The first-order valence-corrected chi connectivity index (χ1v) is 9.69. The van der Waals surface area contributed by atoms with E-state index in [9.17, 15) is 14.4 Å². The number of nitrogens with one attached hydrogen (secondary N) is 1. The number of imide groups is 1. The molecule has 0 radical (unpaired) electrons. The number of carbonyl (C=O) groups is 3. The molecule has 2 aliphatic heterocycles. The van der Waals surface area contributed by atoms with Crippen molar-refractivity contribution in [1.82, 2.24) is 15.1 Å². The fourth-order valence-corrected chi connectivity index (χ4v) is 3.94. The van der Waals surface area contributed by atoms with Crippen molar-refractivity contribution in [3.63, 3.8) is 0 Å². The predicted molar refractivity (Wildman–Crippen MR) is 104 cm³/mol. The molecule has 146 valence electrons. The second-order valence-corrected chi connectivity index (χ2v) is 8.32. The molecule has 3 amide bonds. The molecule has 0 saturated carbocycles. The molecule has 1 aromatic carbocycles. The maximum atomic E-state index is 13.0. The summed E-state index contributed by atoms with van der Waals surface area (Å²) in [5, 5.41) is 2.88. The van der Waals surface area contributed by atoms with Crippen LogP contribution in [0.4, 0.5) is 4.79 Å². The molecule has 0 aliphatic carbocycles. The summed E-state index contributed by atoms with van der Waals surface area (Å²) in [6.45, 7) is 10.6. The second kappa shape index (κ2) is 7.43. The highest BCUT2D eigenvalue weighted by atomic mass is 16.2. The number of piperidine rings is 1. The Hall–Kier alpha value is -2.21. The van der Waals surface area contributed by atoms with Crippen LogP contribution in [0.3, 0.4) is 0 Å². The van der Waals surface area contributed by atoms with Crippen LogP contribution in [0.5, 0.6) is 0 Å². The summed E-state index contributed by atoms with van der Waals surface area (Å²) in [4.78, 5) is 41.5. The number of rotatable bonds is 5. The normalized spacial score (nSPS) is 19.8. The summed E-state index contributed by atoms with van der Waals surface area (Å²) in [6.07, 6.45) is 1.19. The lowest BCUT2D eigenvalue weighted by atomic mass is 9.87. The van der Waals surface area contributed by atoms with E-state index in [0.717, 1.165) is 35.7 Å². The number of likely N-dealkylation sites (tertiary alicyclic amines) is 1. The molecule has 6 heteroatoms. The Bertz CT molecular complexity index is 764. The third-order valence-corrected chi connectivity index (χ3v) is 5.71. The van der Waals surface area contributed by atoms with E-state index in [1.807, 2.05) is 26.0 Å². The van der Waals surface area contributed by atoms with Crippen molar-refractivity contribution in [1.29, 1.82) is 0 Å². The number of ketones is 1. The molecule has 2 heterocycles. The second-order valence-electron chi connectivity index (χ2n) is 8.32. The van der Waals surface area contributed by atoms with Crippen molar-refractivity contribution < 1.29 is 14.4 Å². The van der Waals surface area contributed by atoms with E-state index in [1.165, 1.54) is 0 Å². The van der Waals surface area contributed by atoms with E-state index in [4.69, 9.17) is 0 Å². The lowest BCUT2D eigenvalue weighted by Crippen LogP contribution is -2.55. The summed E-state index contributed by atoms with van der Waals surface area (Å²) in [7, 11) is 0. The fraction of sp³-hybridized carbons (Fsp3) is 0.571. The molecule has 0 unspecified atom stereocenters. The van der Waals surface area contributed by atoms with Crippen molar-refractivity contribution in [2.75, 3.05) is 26.2 Å². The fourth-order valence-electron chi connectivity index (χ4n) is 3.94. The van der Waals surface area contributed by atoms with Gasteiger partial charge in [0.1, 0.15) is 5.54 Å². The molecule has 2 saturated heterocycles. The smallest absolute Gasteiger partial charge is 0.323 e. The van der Waals surface area contributed by atoms with Crippen molar-refractivity contribution >= 4 is 17.7 Å².